The second kappa shape index (κ2) is 4.16. The summed E-state index contributed by atoms with van der Waals surface area (Å²) in [5, 5.41) is 0. The molecule has 0 fully saturated rings. The maximum Gasteiger partial charge on any atom is 0.296 e. The smallest absolute Gasteiger partial charge is 0.266 e. The van der Waals surface area contributed by atoms with E-state index in [0.717, 1.165) is 6.42 Å². The van der Waals surface area contributed by atoms with Crippen molar-refractivity contribution in [1.82, 2.24) is 0 Å². The van der Waals surface area contributed by atoms with E-state index in [1.807, 2.05) is 0 Å². The summed E-state index contributed by atoms with van der Waals surface area (Å²) in [7, 11) is -3.56. The Kier molecular flexibility index (Phi) is 2.88. The van der Waals surface area contributed by atoms with Crippen LogP contribution >= 0.6 is 0 Å². The summed E-state index contributed by atoms with van der Waals surface area (Å²) in [4.78, 5) is 0.217. The monoisotopic (exact) mass is 224 g/mol. The minimum Gasteiger partial charge on any atom is -0.266 e. The molecule has 1 aromatic carbocycles. The highest BCUT2D eigenvalue weighted by Gasteiger charge is 2.15. The number of rotatable bonds is 5. The quantitative estimate of drug-likeness (QED) is 0.568. The third-order valence-electron chi connectivity index (χ3n) is 2.19. The predicted octanol–water partition coefficient (Wildman–Crippen LogP) is 2.11. The van der Waals surface area contributed by atoms with Gasteiger partial charge in [0, 0.05) is 0 Å². The van der Waals surface area contributed by atoms with Crippen LogP contribution in [0.4, 0.5) is 0 Å². The van der Waals surface area contributed by atoms with Gasteiger partial charge in [-0.1, -0.05) is 29.8 Å². The summed E-state index contributed by atoms with van der Waals surface area (Å²) in [6, 6.07) is 8.20. The molecule has 0 saturated carbocycles. The first-order valence-electron chi connectivity index (χ1n) is 4.81. The lowest BCUT2D eigenvalue weighted by Gasteiger charge is -2.03. The molecule has 0 aromatic heterocycles. The fourth-order valence-electron chi connectivity index (χ4n) is 1.21. The van der Waals surface area contributed by atoms with Gasteiger partial charge in [-0.25, -0.2) is 0 Å². The van der Waals surface area contributed by atoms with Gasteiger partial charge < -0.3 is 0 Å². The molecule has 1 aliphatic carbocycles. The van der Waals surface area contributed by atoms with E-state index < -0.39 is 10.1 Å². The molecule has 0 N–H and O–H groups in total. The molecule has 3 nitrogen and oxygen atoms in total. The minimum atomic E-state index is -3.56. The Balaban J connectivity index is 1.96. The van der Waals surface area contributed by atoms with E-state index in [1.165, 1.54) is 17.7 Å². The standard InChI is InChI=1S/C11H12O3S/c12-15(13,11-4-2-1-3-5-11)14-9-8-10-6-7-10/h1-6H,7-9H2. The zero-order chi connectivity index (χ0) is 10.7. The van der Waals surface area contributed by atoms with E-state index in [-0.39, 0.29) is 11.5 Å². The van der Waals surface area contributed by atoms with Gasteiger partial charge >= 0.3 is 0 Å². The van der Waals surface area contributed by atoms with Crippen molar-refractivity contribution in [2.45, 2.75) is 17.7 Å². The third-order valence-corrected chi connectivity index (χ3v) is 3.51. The van der Waals surface area contributed by atoms with Crippen LogP contribution in [0.2, 0.25) is 0 Å². The lowest BCUT2D eigenvalue weighted by molar-refractivity contribution is 0.323. The normalized spacial score (nSPS) is 14.8. The maximum absolute atomic E-state index is 11.6. The molecular formula is C11H12O3S. The second-order valence-corrected chi connectivity index (χ2v) is 5.02. The summed E-state index contributed by atoms with van der Waals surface area (Å²) in [5.74, 6) is 0. The Bertz CT molecular complexity index is 460. The Morgan fingerprint density at radius 3 is 2.47 bits per heavy atom. The molecule has 15 heavy (non-hydrogen) atoms. The van der Waals surface area contributed by atoms with Crippen LogP contribution in [0.1, 0.15) is 12.8 Å². The van der Waals surface area contributed by atoms with E-state index in [1.54, 1.807) is 18.2 Å². The molecule has 4 heteroatoms. The molecular weight excluding hydrogens is 212 g/mol. The summed E-state index contributed by atoms with van der Waals surface area (Å²) in [6.45, 7) is 0.239. The van der Waals surface area contributed by atoms with Crippen LogP contribution in [0.15, 0.2) is 46.9 Å². The minimum absolute atomic E-state index is 0.217. The summed E-state index contributed by atoms with van der Waals surface area (Å²) in [6.07, 6.45) is 3.79. The van der Waals surface area contributed by atoms with E-state index in [9.17, 15) is 8.42 Å². The van der Waals surface area contributed by atoms with Gasteiger partial charge in [0.1, 0.15) is 0 Å². The first kappa shape index (κ1) is 10.4. The molecule has 0 spiro atoms. The number of hydrogen-bond donors (Lipinski definition) is 0. The van der Waals surface area contributed by atoms with Gasteiger partial charge in [0.25, 0.3) is 10.1 Å². The zero-order valence-electron chi connectivity index (χ0n) is 8.22. The van der Waals surface area contributed by atoms with Crippen LogP contribution in [0.25, 0.3) is 0 Å². The van der Waals surface area contributed by atoms with E-state index in [4.69, 9.17) is 4.18 Å². The van der Waals surface area contributed by atoms with E-state index in [2.05, 4.69) is 6.08 Å². The fourth-order valence-corrected chi connectivity index (χ4v) is 2.14. The lowest BCUT2D eigenvalue weighted by Crippen LogP contribution is -2.07. The third kappa shape index (κ3) is 2.91. The molecule has 0 heterocycles. The first-order chi connectivity index (χ1) is 7.18. The van der Waals surface area contributed by atoms with Gasteiger partial charge in [0.05, 0.1) is 11.5 Å². The second-order valence-electron chi connectivity index (χ2n) is 3.41. The first-order valence-corrected chi connectivity index (χ1v) is 6.22. The fraction of sp³-hybridized carbons (Fsp3) is 0.273. The van der Waals surface area contributed by atoms with Crippen molar-refractivity contribution >= 4 is 10.1 Å². The van der Waals surface area contributed by atoms with Crippen molar-refractivity contribution in [2.75, 3.05) is 6.61 Å². The van der Waals surface area contributed by atoms with E-state index >= 15 is 0 Å². The summed E-state index contributed by atoms with van der Waals surface area (Å²) >= 11 is 0. The van der Waals surface area contributed by atoms with Gasteiger partial charge in [-0.3, -0.25) is 4.18 Å². The molecule has 80 valence electrons. The number of hydrogen-bond acceptors (Lipinski definition) is 3. The van der Waals surface area contributed by atoms with Crippen LogP contribution in [0.5, 0.6) is 0 Å². The van der Waals surface area contributed by atoms with Crippen molar-refractivity contribution in [3.8, 4) is 0 Å². The summed E-state index contributed by atoms with van der Waals surface area (Å²) < 4.78 is 28.1. The van der Waals surface area contributed by atoms with Gasteiger partial charge in [-0.15, -0.1) is 0 Å². The van der Waals surface area contributed by atoms with Crippen molar-refractivity contribution in [1.29, 1.82) is 0 Å². The zero-order valence-corrected chi connectivity index (χ0v) is 9.03. The molecule has 0 atom stereocenters. The highest BCUT2D eigenvalue weighted by molar-refractivity contribution is 7.86. The molecule has 0 saturated heterocycles. The van der Waals surface area contributed by atoms with Crippen LogP contribution in [0.3, 0.4) is 0 Å². The predicted molar refractivity (Wildman–Crippen MR) is 56.9 cm³/mol. The molecule has 0 unspecified atom stereocenters. The average molecular weight is 224 g/mol. The van der Waals surface area contributed by atoms with Crippen LogP contribution in [-0.2, 0) is 14.3 Å². The number of allylic oxidation sites excluding steroid dienone is 1. The highest BCUT2D eigenvalue weighted by Crippen LogP contribution is 2.22. The Hall–Kier alpha value is -1.13. The highest BCUT2D eigenvalue weighted by atomic mass is 32.2. The van der Waals surface area contributed by atoms with Crippen LogP contribution in [-0.4, -0.2) is 15.0 Å². The molecule has 0 bridgehead atoms. The molecule has 2 rings (SSSR count). The molecule has 0 amide bonds. The largest absolute Gasteiger partial charge is 0.296 e. The molecule has 1 aromatic rings. The average Bonchev–Trinajstić information content (AvgIpc) is 3.03. The maximum atomic E-state index is 11.6. The molecule has 0 aliphatic heterocycles. The SMILES string of the molecule is O=S(=O)(OCCC1=CC1)c1ccccc1. The Morgan fingerprint density at radius 1 is 1.20 bits per heavy atom. The van der Waals surface area contributed by atoms with E-state index in [0.29, 0.717) is 6.42 Å². The Labute approximate surface area is 89.5 Å². The van der Waals surface area contributed by atoms with Crippen LogP contribution < -0.4 is 0 Å². The van der Waals surface area contributed by atoms with Gasteiger partial charge in [-0.05, 0) is 25.0 Å². The van der Waals surface area contributed by atoms with Crippen LogP contribution in [0, 0.1) is 0 Å². The van der Waals surface area contributed by atoms with Gasteiger partial charge in [-0.2, -0.15) is 8.42 Å². The number of benzene rings is 1. The van der Waals surface area contributed by atoms with Crippen molar-refractivity contribution in [2.24, 2.45) is 0 Å². The van der Waals surface area contributed by atoms with Crippen molar-refractivity contribution in [3.05, 3.63) is 42.0 Å². The van der Waals surface area contributed by atoms with Gasteiger partial charge in [0.15, 0.2) is 0 Å². The van der Waals surface area contributed by atoms with Gasteiger partial charge in [0.2, 0.25) is 0 Å². The summed E-state index contributed by atoms with van der Waals surface area (Å²) in [5.41, 5.74) is 1.28. The lowest BCUT2D eigenvalue weighted by atomic mass is 10.4. The Morgan fingerprint density at radius 2 is 1.87 bits per heavy atom. The topological polar surface area (TPSA) is 43.4 Å². The molecule has 1 aliphatic rings. The molecule has 0 radical (unpaired) electrons. The van der Waals surface area contributed by atoms with Crippen molar-refractivity contribution < 1.29 is 12.6 Å². The van der Waals surface area contributed by atoms with Crippen molar-refractivity contribution in [3.63, 3.8) is 0 Å².